The molecule has 0 fully saturated rings. The average Bonchev–Trinajstić information content (AvgIpc) is 3.25. The van der Waals surface area contributed by atoms with E-state index in [1.807, 2.05) is 42.0 Å². The number of rotatable bonds is 5. The van der Waals surface area contributed by atoms with Crippen LogP contribution in [0.25, 0.3) is 16.9 Å². The van der Waals surface area contributed by atoms with Crippen LogP contribution in [0.3, 0.4) is 0 Å². The molecule has 0 radical (unpaired) electrons. The quantitative estimate of drug-likeness (QED) is 0.485. The van der Waals surface area contributed by atoms with Crippen LogP contribution >= 0.6 is 0 Å². The maximum Gasteiger partial charge on any atom is 0.228 e. The number of benzene rings is 2. The Bertz CT molecular complexity index is 1220. The van der Waals surface area contributed by atoms with E-state index in [0.717, 1.165) is 52.6 Å². The summed E-state index contributed by atoms with van der Waals surface area (Å²) in [5, 5.41) is 3.40. The predicted molar refractivity (Wildman–Crippen MR) is 122 cm³/mol. The van der Waals surface area contributed by atoms with E-state index in [-0.39, 0.29) is 0 Å². The van der Waals surface area contributed by atoms with Crippen molar-refractivity contribution in [2.45, 2.75) is 32.6 Å². The molecule has 6 nitrogen and oxygen atoms in total. The lowest BCUT2D eigenvalue weighted by molar-refractivity contribution is 0.413. The second-order valence-corrected chi connectivity index (χ2v) is 7.83. The zero-order chi connectivity index (χ0) is 21.2. The van der Waals surface area contributed by atoms with Gasteiger partial charge in [-0.15, -0.1) is 0 Å². The topological polar surface area (TPSA) is 64.9 Å². The van der Waals surface area contributed by atoms with Gasteiger partial charge < -0.3 is 14.6 Å². The van der Waals surface area contributed by atoms with Gasteiger partial charge in [0.15, 0.2) is 0 Å². The minimum Gasteiger partial charge on any atom is -0.494 e. The third-order valence-corrected chi connectivity index (χ3v) is 5.66. The maximum atomic E-state index is 5.64. The highest BCUT2D eigenvalue weighted by molar-refractivity contribution is 5.68. The number of fused-ring (bicyclic) bond motifs is 1. The molecule has 4 aromatic rings. The van der Waals surface area contributed by atoms with Crippen molar-refractivity contribution in [1.82, 2.24) is 19.5 Å². The molecule has 0 saturated heterocycles. The number of imidazole rings is 1. The number of hydrogen-bond acceptors (Lipinski definition) is 5. The van der Waals surface area contributed by atoms with Crippen LogP contribution in [-0.2, 0) is 12.8 Å². The molecule has 0 unspecified atom stereocenters. The minimum absolute atomic E-state index is 0.618. The molecule has 0 aliphatic heterocycles. The molecular weight excluding hydrogens is 386 g/mol. The molecule has 0 bridgehead atoms. The largest absolute Gasteiger partial charge is 0.494 e. The van der Waals surface area contributed by atoms with Gasteiger partial charge in [-0.2, -0.15) is 0 Å². The van der Waals surface area contributed by atoms with Gasteiger partial charge in [0.05, 0.1) is 30.5 Å². The van der Waals surface area contributed by atoms with Gasteiger partial charge in [-0.05, 0) is 44.7 Å². The number of hydrogen-bond donors (Lipinski definition) is 1. The predicted octanol–water partition coefficient (Wildman–Crippen LogP) is 5.27. The highest BCUT2D eigenvalue weighted by Crippen LogP contribution is 2.32. The van der Waals surface area contributed by atoms with Crippen molar-refractivity contribution in [2.75, 3.05) is 12.4 Å². The number of ether oxygens (including phenoxy) is 1. The second-order valence-electron chi connectivity index (χ2n) is 7.83. The maximum absolute atomic E-state index is 5.64. The molecular formula is C25H25N5O. The van der Waals surface area contributed by atoms with Gasteiger partial charge in [0.1, 0.15) is 5.75 Å². The summed E-state index contributed by atoms with van der Waals surface area (Å²) in [4.78, 5) is 14.1. The molecule has 1 N–H and O–H groups in total. The number of aryl methyl sites for hydroxylation is 2. The summed E-state index contributed by atoms with van der Waals surface area (Å²) in [5.74, 6) is 1.37. The molecule has 156 valence electrons. The summed E-state index contributed by atoms with van der Waals surface area (Å²) < 4.78 is 7.60. The fourth-order valence-corrected chi connectivity index (χ4v) is 4.14. The lowest BCUT2D eigenvalue weighted by atomic mass is 9.92. The van der Waals surface area contributed by atoms with Gasteiger partial charge in [0, 0.05) is 34.8 Å². The lowest BCUT2D eigenvalue weighted by Crippen LogP contribution is -2.11. The van der Waals surface area contributed by atoms with E-state index in [1.165, 1.54) is 18.4 Å². The summed E-state index contributed by atoms with van der Waals surface area (Å²) in [6.45, 7) is 1.97. The third-order valence-electron chi connectivity index (χ3n) is 5.66. The summed E-state index contributed by atoms with van der Waals surface area (Å²) in [6.07, 6.45) is 8.16. The molecule has 2 aromatic carbocycles. The van der Waals surface area contributed by atoms with Crippen molar-refractivity contribution < 1.29 is 4.74 Å². The monoisotopic (exact) mass is 411 g/mol. The first-order valence-electron chi connectivity index (χ1n) is 10.6. The molecule has 0 spiro atoms. The molecule has 0 atom stereocenters. The number of anilines is 2. The first-order chi connectivity index (χ1) is 15.2. The lowest BCUT2D eigenvalue weighted by Gasteiger charge is -2.20. The average molecular weight is 412 g/mol. The Morgan fingerprint density at radius 2 is 1.84 bits per heavy atom. The van der Waals surface area contributed by atoms with Crippen LogP contribution < -0.4 is 10.1 Å². The van der Waals surface area contributed by atoms with Crippen molar-refractivity contribution in [3.05, 3.63) is 78.0 Å². The zero-order valence-corrected chi connectivity index (χ0v) is 17.8. The summed E-state index contributed by atoms with van der Waals surface area (Å²) in [5.41, 5.74) is 7.38. The van der Waals surface area contributed by atoms with Crippen molar-refractivity contribution in [2.24, 2.45) is 0 Å². The summed E-state index contributed by atoms with van der Waals surface area (Å²) in [7, 11) is 1.68. The molecule has 1 aliphatic rings. The van der Waals surface area contributed by atoms with Crippen LogP contribution in [0.1, 0.15) is 29.8 Å². The van der Waals surface area contributed by atoms with Gasteiger partial charge >= 0.3 is 0 Å². The van der Waals surface area contributed by atoms with Crippen LogP contribution in [0.2, 0.25) is 0 Å². The van der Waals surface area contributed by atoms with Crippen LogP contribution in [0.15, 0.2) is 61.1 Å². The molecule has 0 saturated carbocycles. The number of nitrogens with zero attached hydrogens (tertiary/aromatic N) is 4. The van der Waals surface area contributed by atoms with E-state index in [1.54, 1.807) is 13.4 Å². The molecule has 31 heavy (non-hydrogen) atoms. The Balaban J connectivity index is 1.51. The Labute approximate surface area is 182 Å². The van der Waals surface area contributed by atoms with Crippen molar-refractivity contribution in [3.63, 3.8) is 0 Å². The van der Waals surface area contributed by atoms with Gasteiger partial charge in [-0.1, -0.05) is 30.3 Å². The van der Waals surface area contributed by atoms with E-state index < -0.39 is 0 Å². The molecule has 2 aromatic heterocycles. The van der Waals surface area contributed by atoms with Crippen molar-refractivity contribution >= 4 is 11.6 Å². The highest BCUT2D eigenvalue weighted by Gasteiger charge is 2.19. The minimum atomic E-state index is 0.618. The molecule has 2 heterocycles. The fourth-order valence-electron chi connectivity index (χ4n) is 4.14. The van der Waals surface area contributed by atoms with Gasteiger partial charge in [0.25, 0.3) is 0 Å². The first-order valence-corrected chi connectivity index (χ1v) is 10.6. The Morgan fingerprint density at radius 3 is 2.61 bits per heavy atom. The third kappa shape index (κ3) is 3.89. The normalized spacial score (nSPS) is 13.0. The molecule has 6 heteroatoms. The van der Waals surface area contributed by atoms with E-state index >= 15 is 0 Å². The smallest absolute Gasteiger partial charge is 0.228 e. The van der Waals surface area contributed by atoms with Gasteiger partial charge in [-0.3, -0.25) is 0 Å². The van der Waals surface area contributed by atoms with Crippen molar-refractivity contribution in [1.29, 1.82) is 0 Å². The first kappa shape index (κ1) is 19.3. The Kier molecular flexibility index (Phi) is 5.12. The van der Waals surface area contributed by atoms with Crippen molar-refractivity contribution in [3.8, 4) is 22.7 Å². The van der Waals surface area contributed by atoms with Gasteiger partial charge in [-0.25, -0.2) is 15.0 Å². The number of nitrogens with one attached hydrogen (secondary N) is 1. The molecule has 1 aliphatic carbocycles. The highest BCUT2D eigenvalue weighted by atomic mass is 16.5. The fraction of sp³-hybridized carbons (Fsp3) is 0.240. The molecule has 5 rings (SSSR count). The van der Waals surface area contributed by atoms with Crippen LogP contribution in [0, 0.1) is 6.92 Å². The van der Waals surface area contributed by atoms with Crippen LogP contribution in [0.4, 0.5) is 11.6 Å². The SMILES string of the molecule is COc1cc(Nc2nc3c(c(-c4ccccc4)n2)CCCC3)ccc1-n1cnc(C)c1. The molecule has 0 amide bonds. The summed E-state index contributed by atoms with van der Waals surface area (Å²) >= 11 is 0. The standard InChI is InChI=1S/C25H25N5O/c1-17-15-30(16-26-17)22-13-12-19(14-23(22)31-2)27-25-28-21-11-7-6-10-20(21)24(29-25)18-8-4-3-5-9-18/h3-5,8-9,12-16H,6-7,10-11H2,1-2H3,(H,27,28,29). The van der Waals surface area contributed by atoms with Crippen LogP contribution in [0.5, 0.6) is 5.75 Å². The second kappa shape index (κ2) is 8.22. The zero-order valence-electron chi connectivity index (χ0n) is 17.8. The number of methoxy groups -OCH3 is 1. The Hall–Kier alpha value is -3.67. The van der Waals surface area contributed by atoms with E-state index in [4.69, 9.17) is 14.7 Å². The summed E-state index contributed by atoms with van der Waals surface area (Å²) in [6, 6.07) is 16.4. The van der Waals surface area contributed by atoms with E-state index in [2.05, 4.69) is 34.6 Å². The Morgan fingerprint density at radius 1 is 1.00 bits per heavy atom. The van der Waals surface area contributed by atoms with E-state index in [0.29, 0.717) is 5.95 Å². The van der Waals surface area contributed by atoms with Crippen LogP contribution in [-0.4, -0.2) is 26.6 Å². The number of aromatic nitrogens is 4. The van der Waals surface area contributed by atoms with E-state index in [9.17, 15) is 0 Å². The van der Waals surface area contributed by atoms with Gasteiger partial charge in [0.2, 0.25) is 5.95 Å².